The molecule has 0 spiro atoms. The zero-order chi connectivity index (χ0) is 20.7. The van der Waals surface area contributed by atoms with Crippen LogP contribution >= 0.6 is 6.89 Å². The predicted octanol–water partition coefficient (Wildman–Crippen LogP) is 4.96. The summed E-state index contributed by atoms with van der Waals surface area (Å²) in [6.07, 6.45) is 13.4. The molecule has 0 aromatic heterocycles. The first kappa shape index (κ1) is 19.9. The molecule has 0 atom stereocenters. The van der Waals surface area contributed by atoms with Crippen molar-refractivity contribution in [1.29, 1.82) is 0 Å². The van der Waals surface area contributed by atoms with Crippen LogP contribution in [0.5, 0.6) is 0 Å². The lowest BCUT2D eigenvalue weighted by Crippen LogP contribution is -2.28. The van der Waals surface area contributed by atoms with Crippen LogP contribution < -0.4 is 15.9 Å². The Hall–Kier alpha value is -3.41. The average Bonchev–Trinajstić information content (AvgIpc) is 2.79. The van der Waals surface area contributed by atoms with Crippen molar-refractivity contribution in [1.82, 2.24) is 0 Å². The van der Waals surface area contributed by atoms with E-state index < -0.39 is 6.89 Å². The fourth-order valence-electron chi connectivity index (χ4n) is 3.64. The maximum atomic E-state index is 13.6. The molecule has 3 aromatic rings. The largest absolute Gasteiger partial charge is 0.289 e. The van der Waals surface area contributed by atoms with Gasteiger partial charge in [-0.1, -0.05) is 134 Å². The highest BCUT2D eigenvalue weighted by atomic mass is 31.2. The Labute approximate surface area is 178 Å². The lowest BCUT2D eigenvalue weighted by molar-refractivity contribution is -0.109. The second-order valence-corrected chi connectivity index (χ2v) is 10.2. The molecule has 0 heterocycles. The Bertz CT molecular complexity index is 1080. The molecular weight excluding hydrogens is 383 g/mol. The fraction of sp³-hybridized carbons (Fsp3) is 0. The van der Waals surface area contributed by atoms with Crippen LogP contribution in [0.2, 0.25) is 0 Å². The first-order valence-corrected chi connectivity index (χ1v) is 11.8. The first-order chi connectivity index (χ1) is 14.8. The molecule has 1 aliphatic rings. The number of ketones is 1. The second-order valence-electron chi connectivity index (χ2n) is 6.97. The highest BCUT2D eigenvalue weighted by Gasteiger charge is 2.26. The van der Waals surface area contributed by atoms with E-state index in [1.165, 1.54) is 15.9 Å². The normalized spacial score (nSPS) is 15.4. The van der Waals surface area contributed by atoms with Gasteiger partial charge in [0, 0.05) is 5.57 Å². The molecule has 0 bridgehead atoms. The maximum absolute atomic E-state index is 13.6. The molecule has 0 aliphatic heterocycles. The van der Waals surface area contributed by atoms with Gasteiger partial charge in [-0.3, -0.25) is 4.79 Å². The zero-order valence-electron chi connectivity index (χ0n) is 16.6. The van der Waals surface area contributed by atoms with Gasteiger partial charge in [-0.05, 0) is 28.6 Å². The Morgan fingerprint density at radius 2 is 1.00 bits per heavy atom. The van der Waals surface area contributed by atoms with Gasteiger partial charge in [-0.15, -0.1) is 0 Å². The zero-order valence-corrected chi connectivity index (χ0v) is 17.5. The van der Waals surface area contributed by atoms with E-state index in [0.29, 0.717) is 5.57 Å². The van der Waals surface area contributed by atoms with Crippen molar-refractivity contribution in [3.8, 4) is 0 Å². The van der Waals surface area contributed by atoms with Crippen molar-refractivity contribution in [2.24, 2.45) is 0 Å². The van der Waals surface area contributed by atoms with Crippen molar-refractivity contribution in [3.63, 3.8) is 0 Å². The molecule has 146 valence electrons. The summed E-state index contributed by atoms with van der Waals surface area (Å²) in [5.41, 5.74) is 0.683. The number of hydrogen-bond acceptors (Lipinski definition) is 1. The summed E-state index contributed by atoms with van der Waals surface area (Å²) in [6, 6.07) is 31.2. The number of carbonyl (C=O) groups is 1. The number of benzene rings is 3. The summed E-state index contributed by atoms with van der Waals surface area (Å²) in [6.45, 7) is -2.29. The molecule has 3 aromatic carbocycles. The van der Waals surface area contributed by atoms with Crippen LogP contribution in [0.4, 0.5) is 0 Å². The lowest BCUT2D eigenvalue weighted by Gasteiger charge is -2.28. The van der Waals surface area contributed by atoms with E-state index in [9.17, 15) is 4.79 Å². The molecule has 2 heteroatoms. The predicted molar refractivity (Wildman–Crippen MR) is 132 cm³/mol. The van der Waals surface area contributed by atoms with E-state index in [-0.39, 0.29) is 5.78 Å². The van der Waals surface area contributed by atoms with E-state index >= 15 is 0 Å². The minimum atomic E-state index is -2.29. The summed E-state index contributed by atoms with van der Waals surface area (Å²) in [5.74, 6) is 2.01. The minimum absolute atomic E-state index is 0.0380. The summed E-state index contributed by atoms with van der Waals surface area (Å²) in [7, 11) is 0. The van der Waals surface area contributed by atoms with Crippen LogP contribution in [0.25, 0.3) is 0 Å². The van der Waals surface area contributed by atoms with Crippen molar-refractivity contribution in [3.05, 3.63) is 139 Å². The van der Waals surface area contributed by atoms with Crippen LogP contribution in [0.1, 0.15) is 0 Å². The van der Waals surface area contributed by atoms with Crippen LogP contribution in [0.3, 0.4) is 0 Å². The maximum Gasteiger partial charge on any atom is 0.186 e. The third-order valence-electron chi connectivity index (χ3n) is 5.08. The molecular formula is C28H23OP. The Kier molecular flexibility index (Phi) is 6.23. The van der Waals surface area contributed by atoms with Gasteiger partial charge < -0.3 is 0 Å². The smallest absolute Gasteiger partial charge is 0.186 e. The molecule has 1 nitrogen and oxygen atoms in total. The molecule has 1 aliphatic carbocycles. The highest BCUT2D eigenvalue weighted by Crippen LogP contribution is 2.43. The fourth-order valence-corrected chi connectivity index (χ4v) is 7.41. The van der Waals surface area contributed by atoms with Gasteiger partial charge in [0.25, 0.3) is 0 Å². The number of hydrogen-bond donors (Lipinski definition) is 0. The van der Waals surface area contributed by atoms with Crippen LogP contribution in [-0.4, -0.2) is 11.6 Å². The van der Waals surface area contributed by atoms with Gasteiger partial charge in [-0.25, -0.2) is 0 Å². The molecule has 0 saturated heterocycles. The Morgan fingerprint density at radius 3 is 1.50 bits per heavy atom. The third kappa shape index (κ3) is 4.13. The topological polar surface area (TPSA) is 17.1 Å². The molecule has 30 heavy (non-hydrogen) atoms. The molecule has 0 unspecified atom stereocenters. The Balaban J connectivity index is 2.02. The monoisotopic (exact) mass is 406 g/mol. The highest BCUT2D eigenvalue weighted by molar-refractivity contribution is 7.95. The molecule has 0 saturated carbocycles. The number of carbonyl (C=O) groups excluding carboxylic acids is 1. The van der Waals surface area contributed by atoms with Gasteiger partial charge >= 0.3 is 0 Å². The van der Waals surface area contributed by atoms with Crippen LogP contribution in [0, 0.1) is 0 Å². The van der Waals surface area contributed by atoms with Gasteiger partial charge in [0.1, 0.15) is 0 Å². The van der Waals surface area contributed by atoms with Crippen molar-refractivity contribution in [2.75, 3.05) is 0 Å². The standard InChI is InChI=1S/C28H23OP/c29-28(24-15-7-2-1-3-8-16-24)23-30(25-17-9-4-10-18-25,26-19-11-5-12-20-26)27-21-13-6-14-22-27/h1-23H/b2-1-,3-1?,7-2?,8-3-,15-7?,16-8?,24-15?,24-16?. The first-order valence-electron chi connectivity index (χ1n) is 9.98. The summed E-state index contributed by atoms with van der Waals surface area (Å²) < 4.78 is 0. The number of rotatable bonds is 5. The summed E-state index contributed by atoms with van der Waals surface area (Å²) >= 11 is 0. The molecule has 0 amide bonds. The molecule has 4 rings (SSSR count). The summed E-state index contributed by atoms with van der Waals surface area (Å²) in [5, 5.41) is 3.50. The van der Waals surface area contributed by atoms with Gasteiger partial charge in [0.2, 0.25) is 0 Å². The Morgan fingerprint density at radius 1 is 0.567 bits per heavy atom. The molecule has 0 N–H and O–H groups in total. The van der Waals surface area contributed by atoms with Gasteiger partial charge in [0.05, 0.1) is 0 Å². The molecule has 0 radical (unpaired) electrons. The van der Waals surface area contributed by atoms with Crippen LogP contribution in [0.15, 0.2) is 139 Å². The SMILES string of the molecule is O=C(C=P(c1ccccc1)(c1ccccc1)c1ccccc1)C1=C/C=C\C=C/C=C1. The van der Waals surface area contributed by atoms with E-state index in [2.05, 4.69) is 72.8 Å². The molecule has 0 fully saturated rings. The number of allylic oxidation sites excluding steroid dienone is 8. The second kappa shape index (κ2) is 9.39. The van der Waals surface area contributed by atoms with E-state index in [1.54, 1.807) is 0 Å². The van der Waals surface area contributed by atoms with E-state index in [0.717, 1.165) is 0 Å². The van der Waals surface area contributed by atoms with Crippen molar-refractivity contribution >= 4 is 34.4 Å². The van der Waals surface area contributed by atoms with Crippen LogP contribution in [-0.2, 0) is 4.79 Å². The van der Waals surface area contributed by atoms with Crippen molar-refractivity contribution < 1.29 is 4.79 Å². The van der Waals surface area contributed by atoms with Gasteiger partial charge in [-0.2, -0.15) is 0 Å². The van der Waals surface area contributed by atoms with Gasteiger partial charge in [0.15, 0.2) is 5.78 Å². The van der Waals surface area contributed by atoms with E-state index in [4.69, 9.17) is 0 Å². The lowest BCUT2D eigenvalue weighted by atomic mass is 10.1. The third-order valence-corrected chi connectivity index (χ3v) is 9.04. The van der Waals surface area contributed by atoms with E-state index in [1.807, 2.05) is 66.5 Å². The summed E-state index contributed by atoms with van der Waals surface area (Å²) in [4.78, 5) is 13.6. The minimum Gasteiger partial charge on any atom is -0.289 e. The number of Topliss-reactive ketones (excluding diaryl/α,β-unsaturated/α-hetero) is 1. The van der Waals surface area contributed by atoms with Crippen molar-refractivity contribution in [2.45, 2.75) is 0 Å². The quantitative estimate of drug-likeness (QED) is 0.548. The average molecular weight is 406 g/mol.